The molecule has 2 fully saturated rings. The Morgan fingerprint density at radius 2 is 1.68 bits per heavy atom. The van der Waals surface area contributed by atoms with Crippen molar-refractivity contribution in [2.24, 2.45) is 23.2 Å². The third kappa shape index (κ3) is 8.30. The van der Waals surface area contributed by atoms with Crippen molar-refractivity contribution in [3.8, 4) is 0 Å². The molecule has 1 saturated heterocycles. The van der Waals surface area contributed by atoms with E-state index in [0.717, 1.165) is 5.56 Å². The highest BCUT2D eigenvalue weighted by atomic mass is 19.3. The molecular formula is C34H48F2N2O6. The van der Waals surface area contributed by atoms with E-state index in [1.165, 1.54) is 4.90 Å². The normalized spacial score (nSPS) is 23.0. The first-order valence-corrected chi connectivity index (χ1v) is 15.8. The number of ketones is 3. The van der Waals surface area contributed by atoms with Crippen LogP contribution in [0.15, 0.2) is 30.3 Å². The van der Waals surface area contributed by atoms with Crippen molar-refractivity contribution in [2.45, 2.75) is 117 Å². The number of amides is 2. The van der Waals surface area contributed by atoms with Gasteiger partial charge in [-0.3, -0.25) is 19.2 Å². The molecule has 1 aromatic carbocycles. The molecule has 1 N–H and O–H groups in total. The molecule has 10 heteroatoms. The van der Waals surface area contributed by atoms with E-state index in [1.54, 1.807) is 34.6 Å². The number of nitrogens with one attached hydrogen (secondary N) is 1. The first-order valence-electron chi connectivity index (χ1n) is 15.8. The molecule has 0 radical (unpaired) electrons. The number of halogens is 2. The van der Waals surface area contributed by atoms with E-state index in [1.807, 2.05) is 44.2 Å². The molecular weight excluding hydrogens is 570 g/mol. The maximum absolute atomic E-state index is 15.0. The molecule has 8 nitrogen and oxygen atoms in total. The summed E-state index contributed by atoms with van der Waals surface area (Å²) in [6.45, 7) is 11.9. The molecule has 3 rings (SSSR count). The summed E-state index contributed by atoms with van der Waals surface area (Å²) in [5.74, 6) is -8.51. The average molecular weight is 619 g/mol. The Labute approximate surface area is 259 Å². The third-order valence-electron chi connectivity index (χ3n) is 8.93. The predicted molar refractivity (Wildman–Crippen MR) is 162 cm³/mol. The van der Waals surface area contributed by atoms with Crippen LogP contribution in [0.5, 0.6) is 0 Å². The molecule has 44 heavy (non-hydrogen) atoms. The zero-order valence-electron chi connectivity index (χ0n) is 27.0. The van der Waals surface area contributed by atoms with E-state index in [2.05, 4.69) is 5.32 Å². The maximum Gasteiger partial charge on any atom is 0.408 e. The van der Waals surface area contributed by atoms with Crippen LogP contribution in [0.25, 0.3) is 0 Å². The van der Waals surface area contributed by atoms with Crippen LogP contribution >= 0.6 is 0 Å². The lowest BCUT2D eigenvalue weighted by Crippen LogP contribution is -2.57. The van der Waals surface area contributed by atoms with Crippen LogP contribution in [-0.4, -0.2) is 64.9 Å². The minimum atomic E-state index is -3.05. The van der Waals surface area contributed by atoms with Crippen molar-refractivity contribution in [1.82, 2.24) is 10.2 Å². The fraction of sp³-hybridized carbons (Fsp3) is 0.676. The molecule has 1 saturated carbocycles. The Bertz CT molecular complexity index is 1210. The Hall–Kier alpha value is -3.17. The van der Waals surface area contributed by atoms with Gasteiger partial charge in [0.05, 0.1) is 12.1 Å². The number of carbonyl (C=O) groups is 5. The van der Waals surface area contributed by atoms with Gasteiger partial charge < -0.3 is 15.0 Å². The summed E-state index contributed by atoms with van der Waals surface area (Å²) in [7, 11) is 0. The monoisotopic (exact) mass is 618 g/mol. The number of alkyl halides is 2. The minimum absolute atomic E-state index is 0.00633. The van der Waals surface area contributed by atoms with Crippen LogP contribution in [0.1, 0.15) is 98.5 Å². The first-order chi connectivity index (χ1) is 20.5. The molecule has 6 atom stereocenters. The van der Waals surface area contributed by atoms with Gasteiger partial charge in [0.15, 0.2) is 11.6 Å². The third-order valence-corrected chi connectivity index (χ3v) is 8.93. The first kappa shape index (κ1) is 35.3. The van der Waals surface area contributed by atoms with Gasteiger partial charge in [-0.05, 0) is 49.5 Å². The smallest absolute Gasteiger partial charge is 0.408 e. The summed E-state index contributed by atoms with van der Waals surface area (Å²) in [4.78, 5) is 68.2. The molecule has 0 spiro atoms. The van der Waals surface area contributed by atoms with Gasteiger partial charge in [-0.15, -0.1) is 0 Å². The number of alkyl carbamates (subject to hydrolysis) is 1. The number of benzene rings is 1. The molecule has 2 amide bonds. The highest BCUT2D eigenvalue weighted by Crippen LogP contribution is 2.52. The van der Waals surface area contributed by atoms with Gasteiger partial charge in [0, 0.05) is 37.6 Å². The van der Waals surface area contributed by atoms with Crippen LogP contribution in [0.4, 0.5) is 13.6 Å². The summed E-state index contributed by atoms with van der Waals surface area (Å²) >= 11 is 0. The number of likely N-dealkylation sites (tertiary alicyclic amines) is 1. The Kier molecular flexibility index (Phi) is 11.5. The fourth-order valence-corrected chi connectivity index (χ4v) is 6.63. The van der Waals surface area contributed by atoms with E-state index in [9.17, 15) is 24.0 Å². The summed E-state index contributed by atoms with van der Waals surface area (Å²) in [6.07, 6.45) is -1.10. The van der Waals surface area contributed by atoms with E-state index in [0.29, 0.717) is 6.42 Å². The molecule has 0 bridgehead atoms. The number of hydrogen-bond donors (Lipinski definition) is 1. The minimum Gasteiger partial charge on any atom is -0.447 e. The van der Waals surface area contributed by atoms with Crippen LogP contribution < -0.4 is 5.32 Å². The zero-order valence-corrected chi connectivity index (χ0v) is 27.0. The van der Waals surface area contributed by atoms with Gasteiger partial charge in [-0.25, -0.2) is 13.6 Å². The maximum atomic E-state index is 15.0. The van der Waals surface area contributed by atoms with Crippen molar-refractivity contribution < 1.29 is 37.5 Å². The highest BCUT2D eigenvalue weighted by Gasteiger charge is 2.61. The number of hydrogen-bond acceptors (Lipinski definition) is 6. The van der Waals surface area contributed by atoms with E-state index in [-0.39, 0.29) is 44.6 Å². The molecule has 1 heterocycles. The highest BCUT2D eigenvalue weighted by molar-refractivity contribution is 6.38. The second-order valence-electron chi connectivity index (χ2n) is 13.9. The van der Waals surface area contributed by atoms with Crippen molar-refractivity contribution in [3.05, 3.63) is 35.9 Å². The summed E-state index contributed by atoms with van der Waals surface area (Å²) in [5, 5.41) is 2.59. The van der Waals surface area contributed by atoms with Gasteiger partial charge in [0.2, 0.25) is 11.7 Å². The van der Waals surface area contributed by atoms with E-state index >= 15 is 8.78 Å². The standard InChI is InChI=1S/C34H48F2N2O6/c1-8-12-23(29(41)27(40)17-21(4)22-13-10-9-11-14-22)18-26(39)28-24-15-16-34(35,36)25(24)19-38(28)31(42)30(33(5,6)7)37-32(43)44-20(2)3/h9-11,13-14,20-21,23-25,28,30H,8,12,15-19H2,1-7H3,(H,37,43)/t21?,23?,24-,25-,28-,30+/m0/s1. The van der Waals surface area contributed by atoms with E-state index < -0.39 is 76.6 Å². The number of nitrogens with zero attached hydrogens (tertiary/aromatic N) is 1. The average Bonchev–Trinajstić information content (AvgIpc) is 3.47. The van der Waals surface area contributed by atoms with Crippen LogP contribution in [0.3, 0.4) is 0 Å². The molecule has 244 valence electrons. The van der Waals surface area contributed by atoms with Crippen molar-refractivity contribution >= 4 is 29.4 Å². The quantitative estimate of drug-likeness (QED) is 0.267. The lowest BCUT2D eigenvalue weighted by atomic mass is 9.82. The van der Waals surface area contributed by atoms with Crippen molar-refractivity contribution in [2.75, 3.05) is 6.54 Å². The van der Waals surface area contributed by atoms with Gasteiger partial charge in [-0.2, -0.15) is 0 Å². The Morgan fingerprint density at radius 1 is 1.05 bits per heavy atom. The lowest BCUT2D eigenvalue weighted by molar-refractivity contribution is -0.144. The molecule has 1 aliphatic heterocycles. The number of Topliss-reactive ketones (excluding diaryl/α,β-unsaturated/α-hetero) is 3. The molecule has 2 aliphatic rings. The summed E-state index contributed by atoms with van der Waals surface area (Å²) < 4.78 is 35.2. The van der Waals surface area contributed by atoms with Crippen LogP contribution in [-0.2, 0) is 23.9 Å². The van der Waals surface area contributed by atoms with Crippen molar-refractivity contribution in [1.29, 1.82) is 0 Å². The number of carbonyl (C=O) groups excluding carboxylic acids is 5. The van der Waals surface area contributed by atoms with Crippen LogP contribution in [0, 0.1) is 23.2 Å². The SMILES string of the molecule is CCCC(CC(=O)[C@@H]1[C@H]2CCC(F)(F)[C@H]2CN1C(=O)[C@@H](NC(=O)OC(C)C)C(C)(C)C)C(=O)C(=O)CC(C)c1ccccc1. The van der Waals surface area contributed by atoms with Gasteiger partial charge >= 0.3 is 6.09 Å². The molecule has 1 aliphatic carbocycles. The molecule has 1 aromatic rings. The fourth-order valence-electron chi connectivity index (χ4n) is 6.63. The van der Waals surface area contributed by atoms with Gasteiger partial charge in [0.1, 0.15) is 6.04 Å². The Morgan fingerprint density at radius 3 is 2.25 bits per heavy atom. The van der Waals surface area contributed by atoms with Gasteiger partial charge in [0.25, 0.3) is 5.92 Å². The zero-order chi connectivity index (χ0) is 33.0. The Balaban J connectivity index is 1.86. The summed E-state index contributed by atoms with van der Waals surface area (Å²) in [5.41, 5.74) is 0.0908. The second kappa shape index (κ2) is 14.3. The van der Waals surface area contributed by atoms with Crippen LogP contribution in [0.2, 0.25) is 0 Å². The summed E-state index contributed by atoms with van der Waals surface area (Å²) in [6, 6.07) is 7.03. The van der Waals surface area contributed by atoms with Crippen molar-refractivity contribution in [3.63, 3.8) is 0 Å². The predicted octanol–water partition coefficient (Wildman–Crippen LogP) is 6.12. The lowest BCUT2D eigenvalue weighted by Gasteiger charge is -2.36. The second-order valence-corrected chi connectivity index (χ2v) is 13.9. The topological polar surface area (TPSA) is 110 Å². The number of rotatable bonds is 13. The number of ether oxygens (including phenoxy) is 1. The number of fused-ring (bicyclic) bond motifs is 1. The van der Waals surface area contributed by atoms with Gasteiger partial charge in [-0.1, -0.05) is 71.4 Å². The largest absolute Gasteiger partial charge is 0.447 e. The molecule has 0 aromatic heterocycles. The molecule has 2 unspecified atom stereocenters. The van der Waals surface area contributed by atoms with E-state index in [4.69, 9.17) is 4.74 Å².